The van der Waals surface area contributed by atoms with Crippen LogP contribution in [-0.2, 0) is 0 Å². The van der Waals surface area contributed by atoms with E-state index in [1.807, 2.05) is 6.07 Å². The third kappa shape index (κ3) is 3.11. The lowest BCUT2D eigenvalue weighted by Gasteiger charge is -2.13. The van der Waals surface area contributed by atoms with Crippen molar-refractivity contribution in [3.05, 3.63) is 45.6 Å². The lowest BCUT2D eigenvalue weighted by molar-refractivity contribution is 0.387. The smallest absolute Gasteiger partial charge is 0.167 e. The van der Waals surface area contributed by atoms with Crippen LogP contribution in [0.1, 0.15) is 0 Å². The first-order valence-corrected chi connectivity index (χ1v) is 6.53. The number of nitrogens with two attached hydrogens (primary N) is 1. The van der Waals surface area contributed by atoms with Crippen LogP contribution in [0.25, 0.3) is 0 Å². The van der Waals surface area contributed by atoms with Crippen LogP contribution >= 0.6 is 27.5 Å². The van der Waals surface area contributed by atoms with Crippen LogP contribution in [0.3, 0.4) is 0 Å². The summed E-state index contributed by atoms with van der Waals surface area (Å²) in [5.41, 5.74) is 7.24. The van der Waals surface area contributed by atoms with E-state index >= 15 is 0 Å². The molecule has 0 aliphatic carbocycles. The summed E-state index contributed by atoms with van der Waals surface area (Å²) in [6.45, 7) is 0. The topological polar surface area (TPSA) is 47.3 Å². The molecule has 19 heavy (non-hydrogen) atoms. The number of nitrogens with one attached hydrogen (secondary N) is 1. The molecule has 0 heterocycles. The second-order valence-electron chi connectivity index (χ2n) is 3.82. The number of benzene rings is 2. The van der Waals surface area contributed by atoms with Gasteiger partial charge in [-0.3, -0.25) is 0 Å². The molecule has 100 valence electrons. The van der Waals surface area contributed by atoms with Gasteiger partial charge in [0.15, 0.2) is 11.6 Å². The number of ether oxygens (including phenoxy) is 1. The predicted octanol–water partition coefficient (Wildman–Crippen LogP) is 4.58. The van der Waals surface area contributed by atoms with Gasteiger partial charge in [-0.15, -0.1) is 0 Å². The standard InChI is InChI=1S/C13H11BrClFN2O/c1-19-13-6-12(10(17)5-9(13)16)18-11-3-2-7(14)4-8(11)15/h2-6,18H,17H2,1H3. The predicted molar refractivity (Wildman–Crippen MR) is 79.8 cm³/mol. The van der Waals surface area contributed by atoms with Gasteiger partial charge in [0.05, 0.1) is 29.2 Å². The molecule has 0 saturated heterocycles. The molecule has 0 saturated carbocycles. The second kappa shape index (κ2) is 5.67. The zero-order valence-electron chi connectivity index (χ0n) is 10.0. The van der Waals surface area contributed by atoms with Crippen molar-refractivity contribution in [3.8, 4) is 5.75 Å². The van der Waals surface area contributed by atoms with Gasteiger partial charge in [0.1, 0.15) is 0 Å². The summed E-state index contributed by atoms with van der Waals surface area (Å²) in [5.74, 6) is -0.391. The average Bonchev–Trinajstić information content (AvgIpc) is 2.35. The van der Waals surface area contributed by atoms with Crippen molar-refractivity contribution in [2.45, 2.75) is 0 Å². The maximum absolute atomic E-state index is 13.4. The van der Waals surface area contributed by atoms with Crippen molar-refractivity contribution in [3.63, 3.8) is 0 Å². The molecular weight excluding hydrogens is 335 g/mol. The van der Waals surface area contributed by atoms with Gasteiger partial charge >= 0.3 is 0 Å². The Hall–Kier alpha value is -1.46. The lowest BCUT2D eigenvalue weighted by atomic mass is 10.2. The van der Waals surface area contributed by atoms with E-state index in [0.717, 1.165) is 4.47 Å². The Balaban J connectivity index is 2.37. The summed E-state index contributed by atoms with van der Waals surface area (Å²) in [7, 11) is 1.39. The molecular formula is C13H11BrClFN2O. The monoisotopic (exact) mass is 344 g/mol. The Morgan fingerprint density at radius 1 is 1.26 bits per heavy atom. The first kappa shape index (κ1) is 14.0. The number of rotatable bonds is 3. The van der Waals surface area contributed by atoms with Crippen LogP contribution in [0.4, 0.5) is 21.5 Å². The summed E-state index contributed by atoms with van der Waals surface area (Å²) in [5, 5.41) is 3.57. The fourth-order valence-electron chi connectivity index (χ4n) is 1.57. The molecule has 3 nitrogen and oxygen atoms in total. The summed E-state index contributed by atoms with van der Waals surface area (Å²) >= 11 is 9.42. The van der Waals surface area contributed by atoms with E-state index in [2.05, 4.69) is 21.2 Å². The average molecular weight is 346 g/mol. The number of halogens is 3. The van der Waals surface area contributed by atoms with Gasteiger partial charge in [-0.1, -0.05) is 27.5 Å². The van der Waals surface area contributed by atoms with E-state index in [1.54, 1.807) is 12.1 Å². The van der Waals surface area contributed by atoms with Crippen LogP contribution in [0, 0.1) is 5.82 Å². The lowest BCUT2D eigenvalue weighted by Crippen LogP contribution is -1.99. The van der Waals surface area contributed by atoms with Gasteiger partial charge in [0.25, 0.3) is 0 Å². The number of hydrogen-bond acceptors (Lipinski definition) is 3. The SMILES string of the molecule is COc1cc(Nc2ccc(Br)cc2Cl)c(N)cc1F. The van der Waals surface area contributed by atoms with Gasteiger partial charge in [-0.2, -0.15) is 0 Å². The summed E-state index contributed by atoms with van der Waals surface area (Å²) in [6, 6.07) is 8.07. The summed E-state index contributed by atoms with van der Waals surface area (Å²) in [4.78, 5) is 0. The quantitative estimate of drug-likeness (QED) is 0.801. The van der Waals surface area contributed by atoms with E-state index in [0.29, 0.717) is 16.4 Å². The molecule has 3 N–H and O–H groups in total. The molecule has 0 fully saturated rings. The molecule has 0 aromatic heterocycles. The largest absolute Gasteiger partial charge is 0.494 e. The third-order valence-corrected chi connectivity index (χ3v) is 3.33. The van der Waals surface area contributed by atoms with E-state index < -0.39 is 5.82 Å². The fourth-order valence-corrected chi connectivity index (χ4v) is 2.29. The van der Waals surface area contributed by atoms with Crippen LogP contribution in [0.2, 0.25) is 5.02 Å². The number of anilines is 3. The van der Waals surface area contributed by atoms with E-state index in [9.17, 15) is 4.39 Å². The summed E-state index contributed by atoms with van der Waals surface area (Å²) < 4.78 is 19.2. The van der Waals surface area contributed by atoms with Crippen LogP contribution in [-0.4, -0.2) is 7.11 Å². The molecule has 2 rings (SSSR count). The Morgan fingerprint density at radius 2 is 2.00 bits per heavy atom. The first-order chi connectivity index (χ1) is 9.01. The molecule has 0 aliphatic heterocycles. The van der Waals surface area contributed by atoms with Gasteiger partial charge in [-0.05, 0) is 18.2 Å². The van der Waals surface area contributed by atoms with Crippen molar-refractivity contribution in [2.75, 3.05) is 18.2 Å². The molecule has 6 heteroatoms. The van der Waals surface area contributed by atoms with Crippen molar-refractivity contribution in [1.82, 2.24) is 0 Å². The molecule has 2 aromatic carbocycles. The number of nitrogen functional groups attached to an aromatic ring is 1. The first-order valence-electron chi connectivity index (χ1n) is 5.36. The van der Waals surface area contributed by atoms with E-state index in [4.69, 9.17) is 22.1 Å². The van der Waals surface area contributed by atoms with Crippen molar-refractivity contribution < 1.29 is 9.13 Å². The van der Waals surface area contributed by atoms with Gasteiger partial charge in [0.2, 0.25) is 0 Å². The van der Waals surface area contributed by atoms with Crippen molar-refractivity contribution >= 4 is 44.6 Å². The fraction of sp³-hybridized carbons (Fsp3) is 0.0769. The van der Waals surface area contributed by atoms with Crippen LogP contribution < -0.4 is 15.8 Å². The summed E-state index contributed by atoms with van der Waals surface area (Å²) in [6.07, 6.45) is 0. The minimum absolute atomic E-state index is 0.116. The highest BCUT2D eigenvalue weighted by atomic mass is 79.9. The maximum Gasteiger partial charge on any atom is 0.167 e. The zero-order chi connectivity index (χ0) is 14.0. The van der Waals surface area contributed by atoms with Crippen LogP contribution in [0.15, 0.2) is 34.8 Å². The highest BCUT2D eigenvalue weighted by Crippen LogP contribution is 2.33. The van der Waals surface area contributed by atoms with Gasteiger partial charge in [0, 0.05) is 16.6 Å². The molecule has 0 atom stereocenters. The van der Waals surface area contributed by atoms with Gasteiger partial charge in [-0.25, -0.2) is 4.39 Å². The molecule has 0 bridgehead atoms. The zero-order valence-corrected chi connectivity index (χ0v) is 12.3. The van der Waals surface area contributed by atoms with Crippen LogP contribution in [0.5, 0.6) is 5.75 Å². The normalized spacial score (nSPS) is 10.3. The molecule has 0 radical (unpaired) electrons. The second-order valence-corrected chi connectivity index (χ2v) is 5.15. The van der Waals surface area contributed by atoms with Crippen molar-refractivity contribution in [2.24, 2.45) is 0 Å². The highest BCUT2D eigenvalue weighted by Gasteiger charge is 2.10. The molecule has 0 unspecified atom stereocenters. The number of methoxy groups -OCH3 is 1. The third-order valence-electron chi connectivity index (χ3n) is 2.52. The molecule has 0 aliphatic rings. The van der Waals surface area contributed by atoms with Gasteiger partial charge < -0.3 is 15.8 Å². The number of hydrogen-bond donors (Lipinski definition) is 2. The molecule has 2 aromatic rings. The Labute approximate surface area is 123 Å². The Morgan fingerprint density at radius 3 is 2.63 bits per heavy atom. The Bertz CT molecular complexity index is 622. The minimum Gasteiger partial charge on any atom is -0.494 e. The highest BCUT2D eigenvalue weighted by molar-refractivity contribution is 9.10. The van der Waals surface area contributed by atoms with E-state index in [-0.39, 0.29) is 11.4 Å². The minimum atomic E-state index is -0.507. The Kier molecular flexibility index (Phi) is 4.17. The molecule has 0 amide bonds. The van der Waals surface area contributed by atoms with Crippen molar-refractivity contribution in [1.29, 1.82) is 0 Å². The maximum atomic E-state index is 13.4. The van der Waals surface area contributed by atoms with E-state index in [1.165, 1.54) is 19.2 Å². The molecule has 0 spiro atoms.